The van der Waals surface area contributed by atoms with Gasteiger partial charge in [0.1, 0.15) is 5.75 Å². The molecule has 0 spiro atoms. The highest BCUT2D eigenvalue weighted by atomic mass is 16.5. The molecule has 136 valence electrons. The lowest BCUT2D eigenvalue weighted by atomic mass is 9.94. The molecule has 1 rings (SSSR count). The van der Waals surface area contributed by atoms with Crippen molar-refractivity contribution in [2.75, 3.05) is 20.2 Å². The molecule has 0 aromatic heterocycles. The van der Waals surface area contributed by atoms with Crippen molar-refractivity contribution >= 4 is 5.91 Å². The fourth-order valence-corrected chi connectivity index (χ4v) is 2.83. The molecule has 0 bridgehead atoms. The van der Waals surface area contributed by atoms with Gasteiger partial charge in [-0.05, 0) is 37.8 Å². The van der Waals surface area contributed by atoms with Gasteiger partial charge in [-0.15, -0.1) is 0 Å². The van der Waals surface area contributed by atoms with Gasteiger partial charge < -0.3 is 19.8 Å². The Hall–Kier alpha value is -1.59. The summed E-state index contributed by atoms with van der Waals surface area (Å²) in [5.41, 5.74) is 1.17. The third kappa shape index (κ3) is 5.21. The molecule has 0 fully saturated rings. The van der Waals surface area contributed by atoms with E-state index in [4.69, 9.17) is 4.74 Å². The van der Waals surface area contributed by atoms with Gasteiger partial charge in [0.25, 0.3) is 5.91 Å². The van der Waals surface area contributed by atoms with Gasteiger partial charge in [0.05, 0.1) is 24.9 Å². The van der Waals surface area contributed by atoms with Crippen molar-refractivity contribution in [1.82, 2.24) is 4.90 Å². The zero-order chi connectivity index (χ0) is 18.3. The summed E-state index contributed by atoms with van der Waals surface area (Å²) in [4.78, 5) is 14.6. The molecular weight excluding hydrogens is 306 g/mol. The highest BCUT2D eigenvalue weighted by molar-refractivity contribution is 5.98. The Morgan fingerprint density at radius 1 is 1.17 bits per heavy atom. The molecule has 2 N–H and O–H groups in total. The minimum Gasteiger partial charge on any atom is -0.496 e. The van der Waals surface area contributed by atoms with Gasteiger partial charge >= 0.3 is 0 Å². The number of ether oxygens (including phenoxy) is 1. The number of benzene rings is 1. The van der Waals surface area contributed by atoms with Gasteiger partial charge in [-0.2, -0.15) is 0 Å². The SMILES string of the molecule is CCN(CC)C(=O)c1c(C[C@@H](O)[C@H](O)CC(C)C)cccc1OC. The van der Waals surface area contributed by atoms with Crippen molar-refractivity contribution in [2.24, 2.45) is 5.92 Å². The van der Waals surface area contributed by atoms with Gasteiger partial charge in [-0.3, -0.25) is 4.79 Å². The lowest BCUT2D eigenvalue weighted by Crippen LogP contribution is -2.33. The van der Waals surface area contributed by atoms with Gasteiger partial charge in [0.15, 0.2) is 0 Å². The molecule has 0 radical (unpaired) electrons. The van der Waals surface area contributed by atoms with Crippen LogP contribution in [0.2, 0.25) is 0 Å². The molecule has 0 saturated heterocycles. The van der Waals surface area contributed by atoms with Crippen molar-refractivity contribution in [3.05, 3.63) is 29.3 Å². The molecule has 0 aliphatic rings. The number of carbonyl (C=O) groups excluding carboxylic acids is 1. The minimum atomic E-state index is -0.914. The summed E-state index contributed by atoms with van der Waals surface area (Å²) >= 11 is 0. The number of amides is 1. The van der Waals surface area contributed by atoms with Crippen LogP contribution in [0.25, 0.3) is 0 Å². The van der Waals surface area contributed by atoms with Crippen LogP contribution in [-0.2, 0) is 6.42 Å². The molecule has 1 aromatic rings. The van der Waals surface area contributed by atoms with Crippen molar-refractivity contribution in [1.29, 1.82) is 0 Å². The summed E-state index contributed by atoms with van der Waals surface area (Å²) in [6.45, 7) is 9.06. The number of nitrogens with zero attached hydrogens (tertiary/aromatic N) is 1. The minimum absolute atomic E-state index is 0.113. The Labute approximate surface area is 145 Å². The third-order valence-corrected chi connectivity index (χ3v) is 4.18. The second-order valence-corrected chi connectivity index (χ2v) is 6.44. The van der Waals surface area contributed by atoms with Crippen molar-refractivity contribution < 1.29 is 19.7 Å². The fraction of sp³-hybridized carbons (Fsp3) is 0.632. The van der Waals surface area contributed by atoms with E-state index in [1.54, 1.807) is 17.0 Å². The van der Waals surface area contributed by atoms with E-state index in [1.165, 1.54) is 7.11 Å². The number of carbonyl (C=O) groups is 1. The van der Waals surface area contributed by atoms with Gasteiger partial charge in [-0.1, -0.05) is 26.0 Å². The number of methoxy groups -OCH3 is 1. The largest absolute Gasteiger partial charge is 0.496 e. The quantitative estimate of drug-likeness (QED) is 0.726. The first-order valence-corrected chi connectivity index (χ1v) is 8.66. The highest BCUT2D eigenvalue weighted by Gasteiger charge is 2.25. The second-order valence-electron chi connectivity index (χ2n) is 6.44. The van der Waals surface area contributed by atoms with Crippen molar-refractivity contribution in [3.8, 4) is 5.75 Å². The summed E-state index contributed by atoms with van der Waals surface area (Å²) in [7, 11) is 1.53. The highest BCUT2D eigenvalue weighted by Crippen LogP contribution is 2.26. The summed E-state index contributed by atoms with van der Waals surface area (Å²) in [6, 6.07) is 5.36. The van der Waals surface area contributed by atoms with Crippen molar-refractivity contribution in [2.45, 2.75) is 52.7 Å². The smallest absolute Gasteiger partial charge is 0.257 e. The van der Waals surface area contributed by atoms with Crippen LogP contribution in [0.4, 0.5) is 0 Å². The Morgan fingerprint density at radius 3 is 2.29 bits per heavy atom. The standard InChI is InChI=1S/C19H31NO4/c1-6-20(7-2)19(23)18-14(9-8-10-17(18)24-5)12-16(22)15(21)11-13(3)4/h8-10,13,15-16,21-22H,6-7,11-12H2,1-5H3/t15-,16-/m1/s1. The molecule has 0 aliphatic heterocycles. The molecule has 0 saturated carbocycles. The van der Waals surface area contributed by atoms with Gasteiger partial charge in [0.2, 0.25) is 0 Å². The normalized spacial score (nSPS) is 13.7. The first kappa shape index (κ1) is 20.5. The lowest BCUT2D eigenvalue weighted by molar-refractivity contribution is 0.00798. The number of aliphatic hydroxyl groups excluding tert-OH is 2. The number of hydrogen-bond acceptors (Lipinski definition) is 4. The van der Waals surface area contributed by atoms with E-state index in [1.807, 2.05) is 33.8 Å². The first-order valence-electron chi connectivity index (χ1n) is 8.66. The monoisotopic (exact) mass is 337 g/mol. The topological polar surface area (TPSA) is 70.0 Å². The number of hydrogen-bond donors (Lipinski definition) is 2. The van der Waals surface area contributed by atoms with E-state index in [2.05, 4.69) is 0 Å². The summed E-state index contributed by atoms with van der Waals surface area (Å²) < 4.78 is 5.36. The Bertz CT molecular complexity index is 526. The molecule has 0 heterocycles. The van der Waals surface area contributed by atoms with Crippen LogP contribution in [-0.4, -0.2) is 53.4 Å². The van der Waals surface area contributed by atoms with E-state index in [9.17, 15) is 15.0 Å². The van der Waals surface area contributed by atoms with E-state index in [0.29, 0.717) is 36.4 Å². The third-order valence-electron chi connectivity index (χ3n) is 4.18. The Balaban J connectivity index is 3.13. The van der Waals surface area contributed by atoms with Gasteiger partial charge in [0, 0.05) is 19.5 Å². The van der Waals surface area contributed by atoms with E-state index < -0.39 is 12.2 Å². The fourth-order valence-electron chi connectivity index (χ4n) is 2.83. The zero-order valence-electron chi connectivity index (χ0n) is 15.5. The number of rotatable bonds is 9. The first-order chi connectivity index (χ1) is 11.3. The van der Waals surface area contributed by atoms with Crippen LogP contribution in [0, 0.1) is 5.92 Å². The van der Waals surface area contributed by atoms with Crippen LogP contribution in [0.15, 0.2) is 18.2 Å². The molecule has 0 aliphatic carbocycles. The molecule has 5 nitrogen and oxygen atoms in total. The van der Waals surface area contributed by atoms with Crippen LogP contribution in [0.5, 0.6) is 5.75 Å². The Kier molecular flexibility index (Phi) is 8.22. The van der Waals surface area contributed by atoms with Crippen LogP contribution < -0.4 is 4.74 Å². The maximum atomic E-state index is 12.8. The molecule has 1 aromatic carbocycles. The average molecular weight is 337 g/mol. The predicted octanol–water partition coefficient (Wildman–Crippen LogP) is 2.49. The molecule has 0 unspecified atom stereocenters. The predicted molar refractivity (Wildman–Crippen MR) is 95.4 cm³/mol. The maximum absolute atomic E-state index is 12.8. The van der Waals surface area contributed by atoms with Crippen molar-refractivity contribution in [3.63, 3.8) is 0 Å². The summed E-state index contributed by atoms with van der Waals surface area (Å²) in [5, 5.41) is 20.5. The lowest BCUT2D eigenvalue weighted by Gasteiger charge is -2.24. The van der Waals surface area contributed by atoms with E-state index in [0.717, 1.165) is 0 Å². The molecule has 5 heteroatoms. The summed E-state index contributed by atoms with van der Waals surface area (Å²) in [6.07, 6.45) is -0.992. The Morgan fingerprint density at radius 2 is 1.79 bits per heavy atom. The summed E-state index contributed by atoms with van der Waals surface area (Å²) in [5.74, 6) is 0.671. The maximum Gasteiger partial charge on any atom is 0.257 e. The molecular formula is C19H31NO4. The zero-order valence-corrected chi connectivity index (χ0v) is 15.5. The van der Waals surface area contributed by atoms with Crippen LogP contribution >= 0.6 is 0 Å². The van der Waals surface area contributed by atoms with Gasteiger partial charge in [-0.25, -0.2) is 0 Å². The molecule has 1 amide bonds. The molecule has 2 atom stereocenters. The second kappa shape index (κ2) is 9.64. The average Bonchev–Trinajstić information content (AvgIpc) is 2.54. The van der Waals surface area contributed by atoms with Crippen LogP contribution in [0.3, 0.4) is 0 Å². The van der Waals surface area contributed by atoms with E-state index in [-0.39, 0.29) is 18.2 Å². The number of aliphatic hydroxyl groups is 2. The molecule has 24 heavy (non-hydrogen) atoms. The van der Waals surface area contributed by atoms with E-state index >= 15 is 0 Å². The van der Waals surface area contributed by atoms with Crippen LogP contribution in [0.1, 0.15) is 50.0 Å².